The summed E-state index contributed by atoms with van der Waals surface area (Å²) >= 11 is 0. The second-order valence-corrected chi connectivity index (χ2v) is 8.03. The van der Waals surface area contributed by atoms with Gasteiger partial charge in [-0.3, -0.25) is 15.6 Å². The summed E-state index contributed by atoms with van der Waals surface area (Å²) in [6.45, 7) is 5.56. The topological polar surface area (TPSA) is 73.6 Å². The van der Waals surface area contributed by atoms with E-state index >= 15 is 0 Å². The van der Waals surface area contributed by atoms with Gasteiger partial charge in [-0.05, 0) is 44.5 Å². The zero-order valence-corrected chi connectivity index (χ0v) is 15.6. The third-order valence-electron chi connectivity index (χ3n) is 6.50. The van der Waals surface area contributed by atoms with Crippen LogP contribution < -0.4 is 10.9 Å². The number of hydrogen-bond acceptors (Lipinski definition) is 6. The van der Waals surface area contributed by atoms with E-state index < -0.39 is 0 Å². The van der Waals surface area contributed by atoms with Gasteiger partial charge in [-0.2, -0.15) is 0 Å². The van der Waals surface area contributed by atoms with Gasteiger partial charge in [-0.15, -0.1) is 0 Å². The zero-order chi connectivity index (χ0) is 18.2. The van der Waals surface area contributed by atoms with Crippen molar-refractivity contribution in [2.45, 2.75) is 31.2 Å². The molecule has 4 heterocycles. The first kappa shape index (κ1) is 17.2. The van der Waals surface area contributed by atoms with Crippen molar-refractivity contribution in [2.24, 2.45) is 5.92 Å². The lowest BCUT2D eigenvalue weighted by atomic mass is 9.91. The molecule has 0 aliphatic carbocycles. The average Bonchev–Trinajstić information content (AvgIpc) is 3.35. The van der Waals surface area contributed by atoms with Crippen molar-refractivity contribution in [3.63, 3.8) is 0 Å². The first-order chi connectivity index (χ1) is 13.3. The first-order valence-electron chi connectivity index (χ1n) is 10.1. The van der Waals surface area contributed by atoms with Crippen molar-refractivity contribution in [3.8, 4) is 0 Å². The minimum absolute atomic E-state index is 0.116. The maximum absolute atomic E-state index is 12.6. The van der Waals surface area contributed by atoms with Gasteiger partial charge in [-0.25, -0.2) is 0 Å². The van der Waals surface area contributed by atoms with E-state index in [0.29, 0.717) is 17.9 Å². The number of para-hydroxylation sites is 1. The van der Waals surface area contributed by atoms with Gasteiger partial charge in [0, 0.05) is 43.5 Å². The minimum atomic E-state index is 0.116. The average molecular weight is 369 g/mol. The van der Waals surface area contributed by atoms with Crippen LogP contribution in [-0.2, 0) is 4.79 Å². The SMILES string of the molecule is O=C1C2CNNC2CCN1CCN1CCC(c2noc3ccccc23)CC1. The lowest BCUT2D eigenvalue weighted by molar-refractivity contribution is -0.138. The number of hydrogen-bond donors (Lipinski definition) is 2. The number of carbonyl (C=O) groups is 1. The zero-order valence-electron chi connectivity index (χ0n) is 15.6. The van der Waals surface area contributed by atoms with Crippen molar-refractivity contribution in [1.82, 2.24) is 25.8 Å². The third-order valence-corrected chi connectivity index (χ3v) is 6.50. The van der Waals surface area contributed by atoms with E-state index in [4.69, 9.17) is 4.52 Å². The molecular formula is C20H27N5O2. The number of likely N-dealkylation sites (tertiary alicyclic amines) is 2. The van der Waals surface area contributed by atoms with Crippen LogP contribution in [0, 0.1) is 5.92 Å². The Kier molecular flexibility index (Phi) is 4.59. The molecule has 3 fully saturated rings. The van der Waals surface area contributed by atoms with E-state index in [1.54, 1.807) is 0 Å². The Hall–Kier alpha value is -1.96. The molecule has 2 aromatic rings. The van der Waals surface area contributed by atoms with Gasteiger partial charge < -0.3 is 14.3 Å². The Morgan fingerprint density at radius 1 is 1.11 bits per heavy atom. The highest BCUT2D eigenvalue weighted by Crippen LogP contribution is 2.32. The number of fused-ring (bicyclic) bond motifs is 2. The van der Waals surface area contributed by atoms with Crippen LogP contribution >= 0.6 is 0 Å². The van der Waals surface area contributed by atoms with Crippen molar-refractivity contribution in [3.05, 3.63) is 30.0 Å². The molecule has 5 rings (SSSR count). The standard InChI is InChI=1S/C20H27N5O2/c26-20-16-13-21-22-17(16)7-10-25(20)12-11-24-8-5-14(6-9-24)19-15-3-1-2-4-18(15)27-23-19/h1-4,14,16-17,21-22H,5-13H2. The molecule has 1 aromatic carbocycles. The predicted molar refractivity (Wildman–Crippen MR) is 102 cm³/mol. The summed E-state index contributed by atoms with van der Waals surface area (Å²) in [4.78, 5) is 17.2. The lowest BCUT2D eigenvalue weighted by Crippen LogP contribution is -2.51. The Labute approximate surface area is 159 Å². The summed E-state index contributed by atoms with van der Waals surface area (Å²) in [5.41, 5.74) is 8.35. The summed E-state index contributed by atoms with van der Waals surface area (Å²) < 4.78 is 5.48. The molecule has 3 aliphatic rings. The summed E-state index contributed by atoms with van der Waals surface area (Å²) in [5, 5.41) is 5.50. The van der Waals surface area contributed by atoms with Gasteiger partial charge in [0.15, 0.2) is 5.58 Å². The van der Waals surface area contributed by atoms with E-state index in [0.717, 1.165) is 75.2 Å². The van der Waals surface area contributed by atoms with Crippen LogP contribution in [0.3, 0.4) is 0 Å². The smallest absolute Gasteiger partial charge is 0.228 e. The molecule has 0 spiro atoms. The molecule has 2 N–H and O–H groups in total. The summed E-state index contributed by atoms with van der Waals surface area (Å²) in [6.07, 6.45) is 3.25. The molecule has 0 bridgehead atoms. The normalized spacial score (nSPS) is 27.4. The van der Waals surface area contributed by atoms with E-state index in [1.807, 2.05) is 18.2 Å². The Morgan fingerprint density at radius 3 is 2.85 bits per heavy atom. The molecule has 0 radical (unpaired) electrons. The number of aromatic nitrogens is 1. The fourth-order valence-corrected chi connectivity index (χ4v) is 4.83. The molecule has 7 nitrogen and oxygen atoms in total. The molecule has 2 unspecified atom stereocenters. The molecule has 3 aliphatic heterocycles. The Bertz CT molecular complexity index is 814. The van der Waals surface area contributed by atoms with Crippen molar-refractivity contribution in [2.75, 3.05) is 39.3 Å². The van der Waals surface area contributed by atoms with Gasteiger partial charge >= 0.3 is 0 Å². The Balaban J connectivity index is 1.14. The fraction of sp³-hybridized carbons (Fsp3) is 0.600. The molecule has 1 amide bonds. The molecule has 3 saturated heterocycles. The number of piperidine rings is 2. The van der Waals surface area contributed by atoms with Gasteiger partial charge in [0.2, 0.25) is 5.91 Å². The number of benzene rings is 1. The maximum atomic E-state index is 12.6. The second kappa shape index (κ2) is 7.22. The lowest BCUT2D eigenvalue weighted by Gasteiger charge is -2.36. The highest BCUT2D eigenvalue weighted by Gasteiger charge is 2.39. The van der Waals surface area contributed by atoms with Crippen molar-refractivity contribution >= 4 is 16.9 Å². The van der Waals surface area contributed by atoms with Crippen molar-refractivity contribution < 1.29 is 9.32 Å². The van der Waals surface area contributed by atoms with Gasteiger partial charge in [0.25, 0.3) is 0 Å². The van der Waals surface area contributed by atoms with E-state index in [-0.39, 0.29) is 5.92 Å². The molecule has 27 heavy (non-hydrogen) atoms. The third kappa shape index (κ3) is 3.24. The highest BCUT2D eigenvalue weighted by atomic mass is 16.5. The second-order valence-electron chi connectivity index (χ2n) is 8.03. The number of hydrazine groups is 1. The largest absolute Gasteiger partial charge is 0.356 e. The summed E-state index contributed by atoms with van der Waals surface area (Å²) in [6, 6.07) is 8.45. The predicted octanol–water partition coefficient (Wildman–Crippen LogP) is 1.33. The van der Waals surface area contributed by atoms with Crippen LogP contribution in [0.1, 0.15) is 30.9 Å². The van der Waals surface area contributed by atoms with Crippen LogP contribution in [0.5, 0.6) is 0 Å². The summed E-state index contributed by atoms with van der Waals surface area (Å²) in [7, 11) is 0. The molecule has 2 atom stereocenters. The van der Waals surface area contributed by atoms with Gasteiger partial charge in [0.1, 0.15) is 0 Å². The number of carbonyl (C=O) groups excluding carboxylic acids is 1. The minimum Gasteiger partial charge on any atom is -0.356 e. The molecule has 7 heteroatoms. The fourth-order valence-electron chi connectivity index (χ4n) is 4.83. The van der Waals surface area contributed by atoms with Crippen LogP contribution in [0.4, 0.5) is 0 Å². The van der Waals surface area contributed by atoms with E-state index in [2.05, 4.69) is 31.9 Å². The van der Waals surface area contributed by atoms with Crippen LogP contribution in [0.15, 0.2) is 28.8 Å². The number of rotatable bonds is 4. The van der Waals surface area contributed by atoms with Crippen LogP contribution in [0.25, 0.3) is 11.0 Å². The monoisotopic (exact) mass is 369 g/mol. The number of amides is 1. The molecule has 1 aromatic heterocycles. The maximum Gasteiger partial charge on any atom is 0.228 e. The first-order valence-corrected chi connectivity index (χ1v) is 10.1. The van der Waals surface area contributed by atoms with Crippen LogP contribution in [0.2, 0.25) is 0 Å². The molecule has 144 valence electrons. The Morgan fingerprint density at radius 2 is 1.96 bits per heavy atom. The highest BCUT2D eigenvalue weighted by molar-refractivity contribution is 5.81. The van der Waals surface area contributed by atoms with E-state index in [9.17, 15) is 4.79 Å². The van der Waals surface area contributed by atoms with Crippen molar-refractivity contribution in [1.29, 1.82) is 0 Å². The molecular weight excluding hydrogens is 342 g/mol. The van der Waals surface area contributed by atoms with Crippen LogP contribution in [-0.4, -0.2) is 66.2 Å². The quantitative estimate of drug-likeness (QED) is 0.847. The summed E-state index contributed by atoms with van der Waals surface area (Å²) in [5.74, 6) is 0.899. The van der Waals surface area contributed by atoms with Gasteiger partial charge in [0.05, 0.1) is 11.6 Å². The van der Waals surface area contributed by atoms with Gasteiger partial charge in [-0.1, -0.05) is 17.3 Å². The number of nitrogens with zero attached hydrogens (tertiary/aromatic N) is 3. The molecule has 0 saturated carbocycles. The van der Waals surface area contributed by atoms with E-state index in [1.165, 1.54) is 0 Å². The number of nitrogens with one attached hydrogen (secondary N) is 2.